The highest BCUT2D eigenvalue weighted by Gasteiger charge is 2.18. The maximum Gasteiger partial charge on any atom is 0.271 e. The average molecular weight is 486 g/mol. The lowest BCUT2D eigenvalue weighted by Gasteiger charge is -2.22. The van der Waals surface area contributed by atoms with Crippen LogP contribution in [-0.4, -0.2) is 37.6 Å². The Bertz CT molecular complexity index is 1360. The summed E-state index contributed by atoms with van der Waals surface area (Å²) in [6.45, 7) is 7.46. The maximum atomic E-state index is 13.1. The van der Waals surface area contributed by atoms with Crippen LogP contribution in [0.25, 0.3) is 5.65 Å². The first kappa shape index (κ1) is 24.9. The molecule has 2 heterocycles. The number of aromatic nitrogens is 3. The summed E-state index contributed by atoms with van der Waals surface area (Å²) in [5.41, 5.74) is 10.8. The van der Waals surface area contributed by atoms with Gasteiger partial charge in [0.25, 0.3) is 5.91 Å². The molecule has 186 valence electrons. The Morgan fingerprint density at radius 3 is 2.42 bits per heavy atom. The molecular weight excluding hydrogens is 454 g/mol. The van der Waals surface area contributed by atoms with Gasteiger partial charge in [0.1, 0.15) is 18.7 Å². The number of hydrogen-bond acceptors (Lipinski definition) is 5. The molecule has 8 nitrogen and oxygen atoms in total. The zero-order valence-electron chi connectivity index (χ0n) is 20.9. The van der Waals surface area contributed by atoms with Gasteiger partial charge in [0.05, 0.1) is 0 Å². The summed E-state index contributed by atoms with van der Waals surface area (Å²) in [5, 5.41) is 0. The number of amides is 2. The predicted molar refractivity (Wildman–Crippen MR) is 138 cm³/mol. The molecule has 4 rings (SSSR count). The summed E-state index contributed by atoms with van der Waals surface area (Å²) in [6.07, 6.45) is 2.46. The van der Waals surface area contributed by atoms with E-state index in [0.717, 1.165) is 33.8 Å². The molecule has 0 saturated heterocycles. The average Bonchev–Trinajstić information content (AvgIpc) is 3.31. The van der Waals surface area contributed by atoms with E-state index in [-0.39, 0.29) is 11.6 Å². The number of imidazole rings is 1. The van der Waals surface area contributed by atoms with Gasteiger partial charge in [0, 0.05) is 30.9 Å². The number of hydrogen-bond donors (Lipinski definition) is 1. The van der Waals surface area contributed by atoms with Crippen molar-refractivity contribution in [3.8, 4) is 5.75 Å². The summed E-state index contributed by atoms with van der Waals surface area (Å²) in [6, 6.07) is 17.9. The van der Waals surface area contributed by atoms with Gasteiger partial charge in [-0.1, -0.05) is 42.5 Å². The van der Waals surface area contributed by atoms with E-state index in [1.165, 1.54) is 0 Å². The standard InChI is InChI=1S/C28H31N5O3/c1-4-32(16-21-10-12-23(13-11-21)36-17-22-8-6-5-7-9-22)25(34)15-14-24-19(2)31-28-26(27(29)35)30-18-33(28)20(24)3/h5-13,18H,4,14-17H2,1-3H3,(H2,29,35). The molecule has 0 aliphatic rings. The third-order valence-electron chi connectivity index (χ3n) is 6.35. The second-order valence-electron chi connectivity index (χ2n) is 8.74. The molecule has 0 aliphatic carbocycles. The topological polar surface area (TPSA) is 103 Å². The molecule has 0 aliphatic heterocycles. The van der Waals surface area contributed by atoms with Crippen LogP contribution in [0.4, 0.5) is 0 Å². The Kier molecular flexibility index (Phi) is 7.63. The first-order valence-corrected chi connectivity index (χ1v) is 12.0. The molecule has 8 heteroatoms. The molecule has 2 aromatic carbocycles. The first-order valence-electron chi connectivity index (χ1n) is 12.0. The quantitative estimate of drug-likeness (QED) is 0.366. The van der Waals surface area contributed by atoms with Crippen LogP contribution in [0.3, 0.4) is 0 Å². The molecule has 2 N–H and O–H groups in total. The highest BCUT2D eigenvalue weighted by Crippen LogP contribution is 2.20. The largest absolute Gasteiger partial charge is 0.489 e. The van der Waals surface area contributed by atoms with Gasteiger partial charge in [-0.05, 0) is 56.0 Å². The summed E-state index contributed by atoms with van der Waals surface area (Å²) in [5.74, 6) is 0.259. The van der Waals surface area contributed by atoms with Crippen LogP contribution in [0.2, 0.25) is 0 Å². The molecule has 0 unspecified atom stereocenters. The van der Waals surface area contributed by atoms with Gasteiger partial charge < -0.3 is 15.4 Å². The second kappa shape index (κ2) is 11.0. The number of carbonyl (C=O) groups excluding carboxylic acids is 2. The van der Waals surface area contributed by atoms with E-state index in [1.54, 1.807) is 10.7 Å². The van der Waals surface area contributed by atoms with Crippen LogP contribution in [0.1, 0.15) is 51.9 Å². The molecule has 0 fully saturated rings. The van der Waals surface area contributed by atoms with E-state index in [9.17, 15) is 9.59 Å². The minimum Gasteiger partial charge on any atom is -0.489 e. The lowest BCUT2D eigenvalue weighted by molar-refractivity contribution is -0.131. The Morgan fingerprint density at radius 2 is 1.75 bits per heavy atom. The van der Waals surface area contributed by atoms with Gasteiger partial charge in [-0.3, -0.25) is 14.0 Å². The molecule has 0 atom stereocenters. The Balaban J connectivity index is 1.37. The number of nitrogens with zero attached hydrogens (tertiary/aromatic N) is 4. The fourth-order valence-electron chi connectivity index (χ4n) is 4.28. The third kappa shape index (κ3) is 5.54. The van der Waals surface area contributed by atoms with E-state index < -0.39 is 5.91 Å². The second-order valence-corrected chi connectivity index (χ2v) is 8.74. The SMILES string of the molecule is CCN(Cc1ccc(OCc2ccccc2)cc1)C(=O)CCc1c(C)nc2c(C(N)=O)ncn2c1C. The van der Waals surface area contributed by atoms with E-state index in [1.807, 2.05) is 80.3 Å². The molecule has 2 aromatic heterocycles. The van der Waals surface area contributed by atoms with Crippen LogP contribution in [0.15, 0.2) is 60.9 Å². The van der Waals surface area contributed by atoms with Crippen molar-refractivity contribution in [1.82, 2.24) is 19.3 Å². The van der Waals surface area contributed by atoms with Crippen LogP contribution >= 0.6 is 0 Å². The number of rotatable bonds is 10. The molecule has 4 aromatic rings. The van der Waals surface area contributed by atoms with Crippen LogP contribution in [-0.2, 0) is 24.4 Å². The minimum absolute atomic E-state index is 0.0734. The Hall–Kier alpha value is -4.20. The normalized spacial score (nSPS) is 11.0. The molecule has 36 heavy (non-hydrogen) atoms. The predicted octanol–water partition coefficient (Wildman–Crippen LogP) is 4.01. The van der Waals surface area contributed by atoms with Crippen LogP contribution < -0.4 is 10.5 Å². The Morgan fingerprint density at radius 1 is 1.03 bits per heavy atom. The number of primary amides is 1. The number of carbonyl (C=O) groups is 2. The number of ether oxygens (including phenoxy) is 1. The molecule has 0 bridgehead atoms. The van der Waals surface area contributed by atoms with Crippen molar-refractivity contribution in [3.05, 3.63) is 94.7 Å². The van der Waals surface area contributed by atoms with Crippen LogP contribution in [0, 0.1) is 13.8 Å². The van der Waals surface area contributed by atoms with Gasteiger partial charge in [-0.25, -0.2) is 9.97 Å². The van der Waals surface area contributed by atoms with Crippen molar-refractivity contribution in [2.45, 2.75) is 46.8 Å². The van der Waals surface area contributed by atoms with E-state index in [2.05, 4.69) is 9.97 Å². The van der Waals surface area contributed by atoms with Crippen molar-refractivity contribution in [3.63, 3.8) is 0 Å². The maximum absolute atomic E-state index is 13.1. The van der Waals surface area contributed by atoms with Gasteiger partial charge >= 0.3 is 0 Å². The van der Waals surface area contributed by atoms with Gasteiger partial charge in [-0.15, -0.1) is 0 Å². The van der Waals surface area contributed by atoms with Gasteiger partial charge in [0.15, 0.2) is 11.3 Å². The molecule has 0 saturated carbocycles. The van der Waals surface area contributed by atoms with Crippen molar-refractivity contribution in [2.75, 3.05) is 6.54 Å². The van der Waals surface area contributed by atoms with Crippen molar-refractivity contribution < 1.29 is 14.3 Å². The summed E-state index contributed by atoms with van der Waals surface area (Å²) < 4.78 is 7.62. The van der Waals surface area contributed by atoms with Crippen LogP contribution in [0.5, 0.6) is 5.75 Å². The van der Waals surface area contributed by atoms with Crippen molar-refractivity contribution in [1.29, 1.82) is 0 Å². The third-order valence-corrected chi connectivity index (χ3v) is 6.35. The van der Waals surface area contributed by atoms with Crippen molar-refractivity contribution in [2.24, 2.45) is 5.73 Å². The van der Waals surface area contributed by atoms with E-state index in [4.69, 9.17) is 10.5 Å². The molecule has 2 amide bonds. The van der Waals surface area contributed by atoms with E-state index >= 15 is 0 Å². The molecule has 0 radical (unpaired) electrons. The fraction of sp³-hybridized carbons (Fsp3) is 0.286. The summed E-state index contributed by atoms with van der Waals surface area (Å²) >= 11 is 0. The zero-order valence-corrected chi connectivity index (χ0v) is 20.9. The lowest BCUT2D eigenvalue weighted by atomic mass is 10.1. The van der Waals surface area contributed by atoms with Gasteiger partial charge in [-0.2, -0.15) is 0 Å². The summed E-state index contributed by atoms with van der Waals surface area (Å²) in [4.78, 5) is 35.2. The smallest absolute Gasteiger partial charge is 0.271 e. The zero-order chi connectivity index (χ0) is 25.7. The minimum atomic E-state index is -0.610. The molecule has 0 spiro atoms. The summed E-state index contributed by atoms with van der Waals surface area (Å²) in [7, 11) is 0. The van der Waals surface area contributed by atoms with Gasteiger partial charge in [0.2, 0.25) is 5.91 Å². The highest BCUT2D eigenvalue weighted by atomic mass is 16.5. The van der Waals surface area contributed by atoms with E-state index in [0.29, 0.717) is 38.2 Å². The first-order chi connectivity index (χ1) is 17.4. The number of aryl methyl sites for hydroxylation is 2. The molecular formula is C28H31N5O3. The highest BCUT2D eigenvalue weighted by molar-refractivity contribution is 5.96. The fourth-order valence-corrected chi connectivity index (χ4v) is 4.28. The lowest BCUT2D eigenvalue weighted by Crippen LogP contribution is -2.30. The Labute approximate surface area is 210 Å². The number of nitrogens with two attached hydrogens (primary N) is 1. The number of benzene rings is 2. The monoisotopic (exact) mass is 485 g/mol. The van der Waals surface area contributed by atoms with Crippen molar-refractivity contribution >= 4 is 17.5 Å². The number of fused-ring (bicyclic) bond motifs is 1.